The number of hydrogen-bond donors (Lipinski definition) is 3. The molecular formula is C15H20N4O2. The topological polar surface area (TPSA) is 108 Å². The van der Waals surface area contributed by atoms with Crippen LogP contribution >= 0.6 is 0 Å². The van der Waals surface area contributed by atoms with Gasteiger partial charge >= 0.3 is 0 Å². The van der Waals surface area contributed by atoms with Crippen molar-refractivity contribution < 1.29 is 9.59 Å². The van der Waals surface area contributed by atoms with E-state index in [4.69, 9.17) is 11.0 Å². The first kappa shape index (κ1) is 16.5. The van der Waals surface area contributed by atoms with Crippen LogP contribution in [-0.2, 0) is 4.79 Å². The molecule has 0 aliphatic heterocycles. The lowest BCUT2D eigenvalue weighted by molar-refractivity contribution is -0.121. The van der Waals surface area contributed by atoms with Crippen molar-refractivity contribution in [1.29, 1.82) is 5.26 Å². The number of nitrogen functional groups attached to an aromatic ring is 1. The highest BCUT2D eigenvalue weighted by Crippen LogP contribution is 2.08. The number of nitrogens with one attached hydrogen (secondary N) is 2. The van der Waals surface area contributed by atoms with Crippen molar-refractivity contribution in [3.63, 3.8) is 0 Å². The van der Waals surface area contributed by atoms with E-state index in [9.17, 15) is 9.59 Å². The van der Waals surface area contributed by atoms with Gasteiger partial charge in [0.25, 0.3) is 5.91 Å². The average Bonchev–Trinajstić information content (AvgIpc) is 2.45. The maximum atomic E-state index is 11.8. The molecule has 6 nitrogen and oxygen atoms in total. The normalized spacial score (nSPS) is 11.2. The van der Waals surface area contributed by atoms with Crippen molar-refractivity contribution in [3.8, 4) is 6.07 Å². The van der Waals surface area contributed by atoms with Crippen molar-refractivity contribution in [1.82, 2.24) is 10.6 Å². The summed E-state index contributed by atoms with van der Waals surface area (Å²) in [6.45, 7) is 2.46. The number of carbonyl (C=O) groups is 2. The number of nitriles is 1. The second-order valence-electron chi connectivity index (χ2n) is 4.91. The Balaban J connectivity index is 2.26. The molecule has 1 unspecified atom stereocenters. The third-order valence-corrected chi connectivity index (χ3v) is 2.99. The van der Waals surface area contributed by atoms with Crippen LogP contribution in [0, 0.1) is 17.2 Å². The second-order valence-corrected chi connectivity index (χ2v) is 4.91. The molecule has 1 aromatic carbocycles. The zero-order valence-corrected chi connectivity index (χ0v) is 12.1. The third kappa shape index (κ3) is 6.43. The summed E-state index contributed by atoms with van der Waals surface area (Å²) in [6.07, 6.45) is 1.04. The van der Waals surface area contributed by atoms with Crippen LogP contribution in [0.3, 0.4) is 0 Å². The van der Waals surface area contributed by atoms with Crippen LogP contribution in [0.5, 0.6) is 0 Å². The average molecular weight is 288 g/mol. The van der Waals surface area contributed by atoms with Gasteiger partial charge in [0.05, 0.1) is 6.07 Å². The van der Waals surface area contributed by atoms with E-state index in [1.807, 2.05) is 13.0 Å². The summed E-state index contributed by atoms with van der Waals surface area (Å²) in [7, 11) is 0. The smallest absolute Gasteiger partial charge is 0.251 e. The minimum absolute atomic E-state index is 0.0272. The first-order valence-corrected chi connectivity index (χ1v) is 6.80. The van der Waals surface area contributed by atoms with Crippen LogP contribution in [0.1, 0.15) is 30.1 Å². The summed E-state index contributed by atoms with van der Waals surface area (Å²) >= 11 is 0. The molecule has 0 fully saturated rings. The van der Waals surface area contributed by atoms with Gasteiger partial charge < -0.3 is 16.4 Å². The van der Waals surface area contributed by atoms with E-state index in [0.29, 0.717) is 30.6 Å². The fourth-order valence-electron chi connectivity index (χ4n) is 1.80. The Kier molecular flexibility index (Phi) is 6.75. The van der Waals surface area contributed by atoms with E-state index < -0.39 is 0 Å². The molecule has 0 radical (unpaired) electrons. The van der Waals surface area contributed by atoms with Gasteiger partial charge in [0.15, 0.2) is 0 Å². The fraction of sp³-hybridized carbons (Fsp3) is 0.400. The molecule has 1 atom stereocenters. The van der Waals surface area contributed by atoms with Gasteiger partial charge in [-0.15, -0.1) is 0 Å². The fourth-order valence-corrected chi connectivity index (χ4v) is 1.80. The lowest BCUT2D eigenvalue weighted by atomic mass is 10.0. The molecule has 0 aliphatic rings. The number of rotatable bonds is 7. The molecule has 0 saturated carbocycles. The van der Waals surface area contributed by atoms with Crippen molar-refractivity contribution >= 4 is 17.5 Å². The zero-order chi connectivity index (χ0) is 15.7. The molecule has 1 rings (SSSR count). The monoisotopic (exact) mass is 288 g/mol. The molecule has 1 aromatic rings. The Bertz CT molecular complexity index is 519. The number of amides is 2. The predicted octanol–water partition coefficient (Wildman–Crippen LogP) is 1.05. The highest BCUT2D eigenvalue weighted by molar-refractivity contribution is 5.94. The Labute approximate surface area is 124 Å². The van der Waals surface area contributed by atoms with Crippen LogP contribution in [0.4, 0.5) is 5.69 Å². The van der Waals surface area contributed by atoms with E-state index in [1.165, 1.54) is 0 Å². The van der Waals surface area contributed by atoms with Crippen LogP contribution in [-0.4, -0.2) is 24.9 Å². The SMILES string of the molecule is CC(CCNC(=O)c1ccc(N)cc1)CC(=O)NCC#N. The molecule has 21 heavy (non-hydrogen) atoms. The van der Waals surface area contributed by atoms with Gasteiger partial charge in [-0.1, -0.05) is 6.92 Å². The zero-order valence-electron chi connectivity index (χ0n) is 12.1. The van der Waals surface area contributed by atoms with Crippen LogP contribution in [0.25, 0.3) is 0 Å². The first-order chi connectivity index (χ1) is 10.0. The summed E-state index contributed by atoms with van der Waals surface area (Å²) < 4.78 is 0. The largest absolute Gasteiger partial charge is 0.399 e. The third-order valence-electron chi connectivity index (χ3n) is 2.99. The molecule has 0 aromatic heterocycles. The van der Waals surface area contributed by atoms with Gasteiger partial charge in [0.2, 0.25) is 5.91 Å². The molecule has 112 valence electrons. The summed E-state index contributed by atoms with van der Waals surface area (Å²) in [6, 6.07) is 8.55. The molecule has 0 heterocycles. The molecular weight excluding hydrogens is 268 g/mol. The maximum Gasteiger partial charge on any atom is 0.251 e. The summed E-state index contributed by atoms with van der Waals surface area (Å²) in [4.78, 5) is 23.2. The number of nitrogens with zero attached hydrogens (tertiary/aromatic N) is 1. The lowest BCUT2D eigenvalue weighted by Crippen LogP contribution is -2.28. The van der Waals surface area contributed by atoms with E-state index in [-0.39, 0.29) is 24.3 Å². The van der Waals surface area contributed by atoms with Gasteiger partial charge in [-0.05, 0) is 36.6 Å². The van der Waals surface area contributed by atoms with Crippen molar-refractivity contribution in [3.05, 3.63) is 29.8 Å². The number of nitrogens with two attached hydrogens (primary N) is 1. The summed E-state index contributed by atoms with van der Waals surface area (Å²) in [5.74, 6) is -0.166. The number of carbonyl (C=O) groups excluding carboxylic acids is 2. The van der Waals surface area contributed by atoms with E-state index in [1.54, 1.807) is 24.3 Å². The predicted molar refractivity (Wildman–Crippen MR) is 80.2 cm³/mol. The lowest BCUT2D eigenvalue weighted by Gasteiger charge is -2.11. The van der Waals surface area contributed by atoms with Crippen molar-refractivity contribution in [2.45, 2.75) is 19.8 Å². The van der Waals surface area contributed by atoms with E-state index >= 15 is 0 Å². The van der Waals surface area contributed by atoms with Crippen molar-refractivity contribution in [2.24, 2.45) is 5.92 Å². The molecule has 6 heteroatoms. The molecule has 2 amide bonds. The molecule has 0 spiro atoms. The summed E-state index contributed by atoms with van der Waals surface area (Å²) in [5, 5.41) is 13.7. The number of benzene rings is 1. The van der Waals surface area contributed by atoms with Crippen LogP contribution < -0.4 is 16.4 Å². The highest BCUT2D eigenvalue weighted by Gasteiger charge is 2.10. The molecule has 0 saturated heterocycles. The Hall–Kier alpha value is -2.55. The van der Waals surface area contributed by atoms with Crippen molar-refractivity contribution in [2.75, 3.05) is 18.8 Å². The minimum Gasteiger partial charge on any atom is -0.399 e. The minimum atomic E-state index is -0.156. The molecule has 0 aliphatic carbocycles. The quantitative estimate of drug-likeness (QED) is 0.515. The van der Waals surface area contributed by atoms with Gasteiger partial charge in [0, 0.05) is 24.2 Å². The van der Waals surface area contributed by atoms with Crippen LogP contribution in [0.2, 0.25) is 0 Å². The van der Waals surface area contributed by atoms with Gasteiger partial charge in [-0.25, -0.2) is 0 Å². The second kappa shape index (κ2) is 8.59. The molecule has 0 bridgehead atoms. The van der Waals surface area contributed by atoms with Gasteiger partial charge in [0.1, 0.15) is 6.54 Å². The Morgan fingerprint density at radius 3 is 2.57 bits per heavy atom. The number of hydrogen-bond acceptors (Lipinski definition) is 4. The van der Waals surface area contributed by atoms with E-state index in [0.717, 1.165) is 0 Å². The van der Waals surface area contributed by atoms with Gasteiger partial charge in [-0.3, -0.25) is 9.59 Å². The first-order valence-electron chi connectivity index (χ1n) is 6.80. The summed E-state index contributed by atoms with van der Waals surface area (Å²) in [5.41, 5.74) is 6.73. The highest BCUT2D eigenvalue weighted by atomic mass is 16.2. The number of anilines is 1. The van der Waals surface area contributed by atoms with E-state index in [2.05, 4.69) is 10.6 Å². The maximum absolute atomic E-state index is 11.8. The Morgan fingerprint density at radius 2 is 1.95 bits per heavy atom. The van der Waals surface area contributed by atoms with Gasteiger partial charge in [-0.2, -0.15) is 5.26 Å². The molecule has 4 N–H and O–H groups in total. The van der Waals surface area contributed by atoms with Crippen LogP contribution in [0.15, 0.2) is 24.3 Å². The Morgan fingerprint density at radius 1 is 1.29 bits per heavy atom. The standard InChI is InChI=1S/C15H20N4O2/c1-11(10-14(20)18-9-7-16)6-8-19-15(21)12-2-4-13(17)5-3-12/h2-5,11H,6,8-10,17H2,1H3,(H,18,20)(H,19,21).